The first-order valence-corrected chi connectivity index (χ1v) is 11.0. The number of hydrogen-bond donors (Lipinski definition) is 0. The van der Waals surface area contributed by atoms with Crippen molar-refractivity contribution in [3.63, 3.8) is 0 Å². The summed E-state index contributed by atoms with van der Waals surface area (Å²) in [5.74, 6) is 0.785. The monoisotopic (exact) mass is 622 g/mol. The second kappa shape index (κ2) is 10.1. The van der Waals surface area contributed by atoms with Crippen LogP contribution in [0.4, 0.5) is 0 Å². The van der Waals surface area contributed by atoms with Crippen LogP contribution in [0.2, 0.25) is 5.02 Å². The maximum absolute atomic E-state index is 9.59. The van der Waals surface area contributed by atoms with Gasteiger partial charge in [0.15, 0.2) is 0 Å². The molecular formula is C23H13ClI2N2O. The highest BCUT2D eigenvalue weighted by atomic mass is 127. The highest BCUT2D eigenvalue weighted by Gasteiger charge is 2.11. The first-order valence-electron chi connectivity index (χ1n) is 8.49. The summed E-state index contributed by atoms with van der Waals surface area (Å²) in [6.45, 7) is 0.380. The number of nitriles is 2. The lowest BCUT2D eigenvalue weighted by molar-refractivity contribution is 0.302. The molecule has 142 valence electrons. The standard InChI is InChI=1S/C23H13ClI2N2O/c24-20-7-2-1-5-18(20)14-29-23-21(25)10-16(11-22(23)26)9-19(13-28)17-6-3-4-15(8-17)12-27/h1-11H,14H2/b19-9-. The fourth-order valence-corrected chi connectivity index (χ4v) is 4.99. The minimum absolute atomic E-state index is 0.380. The Kier molecular flexibility index (Phi) is 7.54. The van der Waals surface area contributed by atoms with Crippen LogP contribution in [0.3, 0.4) is 0 Å². The van der Waals surface area contributed by atoms with Gasteiger partial charge in [-0.25, -0.2) is 0 Å². The molecule has 0 bridgehead atoms. The van der Waals surface area contributed by atoms with Gasteiger partial charge in [-0.05, 0) is 92.7 Å². The van der Waals surface area contributed by atoms with E-state index < -0.39 is 0 Å². The lowest BCUT2D eigenvalue weighted by Crippen LogP contribution is -2.00. The largest absolute Gasteiger partial charge is 0.487 e. The minimum atomic E-state index is 0.380. The Labute approximate surface area is 201 Å². The zero-order valence-electron chi connectivity index (χ0n) is 15.0. The van der Waals surface area contributed by atoms with Gasteiger partial charge in [-0.3, -0.25) is 0 Å². The maximum Gasteiger partial charge on any atom is 0.146 e. The molecule has 0 unspecified atom stereocenters. The molecule has 0 spiro atoms. The van der Waals surface area contributed by atoms with Crippen molar-refractivity contribution in [2.75, 3.05) is 0 Å². The van der Waals surface area contributed by atoms with Crippen LogP contribution in [0.5, 0.6) is 5.75 Å². The third-order valence-electron chi connectivity index (χ3n) is 4.08. The molecule has 3 aromatic carbocycles. The molecule has 0 aromatic heterocycles. The van der Waals surface area contributed by atoms with Crippen LogP contribution in [0.1, 0.15) is 22.3 Å². The molecule has 29 heavy (non-hydrogen) atoms. The Morgan fingerprint density at radius 2 is 1.72 bits per heavy atom. The van der Waals surface area contributed by atoms with Crippen LogP contribution in [0.15, 0.2) is 60.7 Å². The number of nitrogens with zero attached hydrogens (tertiary/aromatic N) is 2. The number of benzene rings is 3. The fraction of sp³-hybridized carbons (Fsp3) is 0.0435. The molecule has 0 N–H and O–H groups in total. The lowest BCUT2D eigenvalue weighted by Gasteiger charge is -2.12. The molecule has 3 aromatic rings. The Hall–Kier alpha value is -2.07. The fourth-order valence-electron chi connectivity index (χ4n) is 2.67. The molecular weight excluding hydrogens is 610 g/mol. The second-order valence-electron chi connectivity index (χ2n) is 6.06. The molecule has 0 saturated carbocycles. The number of hydrogen-bond acceptors (Lipinski definition) is 3. The predicted molar refractivity (Wildman–Crippen MR) is 132 cm³/mol. The summed E-state index contributed by atoms with van der Waals surface area (Å²) in [5, 5.41) is 19.4. The van der Waals surface area contributed by atoms with Crippen molar-refractivity contribution in [3.8, 4) is 17.9 Å². The van der Waals surface area contributed by atoms with E-state index in [1.807, 2.05) is 48.5 Å². The Balaban J connectivity index is 1.88. The maximum atomic E-state index is 9.59. The Morgan fingerprint density at radius 3 is 2.38 bits per heavy atom. The molecule has 0 aliphatic rings. The van der Waals surface area contributed by atoms with Gasteiger partial charge in [-0.1, -0.05) is 41.9 Å². The molecule has 0 saturated heterocycles. The van der Waals surface area contributed by atoms with Gasteiger partial charge in [0.2, 0.25) is 0 Å². The summed E-state index contributed by atoms with van der Waals surface area (Å²) in [4.78, 5) is 0. The normalized spacial score (nSPS) is 10.9. The van der Waals surface area contributed by atoms with Crippen LogP contribution in [-0.2, 0) is 6.61 Å². The summed E-state index contributed by atoms with van der Waals surface area (Å²) in [5.41, 5.74) is 3.56. The van der Waals surface area contributed by atoms with Crippen LogP contribution in [-0.4, -0.2) is 0 Å². The zero-order valence-corrected chi connectivity index (χ0v) is 20.1. The molecule has 6 heteroatoms. The summed E-state index contributed by atoms with van der Waals surface area (Å²) in [6, 6.07) is 22.9. The van der Waals surface area contributed by atoms with Gasteiger partial charge < -0.3 is 4.74 Å². The van der Waals surface area contributed by atoms with Gasteiger partial charge in [0.1, 0.15) is 12.4 Å². The van der Waals surface area contributed by atoms with Gasteiger partial charge in [0, 0.05) is 10.6 Å². The van der Waals surface area contributed by atoms with Crippen molar-refractivity contribution in [2.45, 2.75) is 6.61 Å². The van der Waals surface area contributed by atoms with E-state index in [-0.39, 0.29) is 0 Å². The number of rotatable bonds is 5. The van der Waals surface area contributed by atoms with Crippen molar-refractivity contribution in [1.29, 1.82) is 10.5 Å². The minimum Gasteiger partial charge on any atom is -0.487 e. The molecule has 0 atom stereocenters. The molecule has 0 aliphatic carbocycles. The first-order chi connectivity index (χ1) is 14.0. The third-order valence-corrected chi connectivity index (χ3v) is 6.06. The lowest BCUT2D eigenvalue weighted by atomic mass is 10.0. The topological polar surface area (TPSA) is 56.8 Å². The SMILES string of the molecule is N#C/C(=C/c1cc(I)c(OCc2ccccc2Cl)c(I)c1)c1cccc(C#N)c1. The van der Waals surface area contributed by atoms with Gasteiger partial charge >= 0.3 is 0 Å². The first kappa shape index (κ1) is 21.6. The molecule has 0 aliphatic heterocycles. The molecule has 0 amide bonds. The van der Waals surface area contributed by atoms with E-state index in [0.29, 0.717) is 22.8 Å². The molecule has 0 radical (unpaired) electrons. The van der Waals surface area contributed by atoms with Gasteiger partial charge in [-0.2, -0.15) is 10.5 Å². The zero-order chi connectivity index (χ0) is 20.8. The average molecular weight is 623 g/mol. The molecule has 3 nitrogen and oxygen atoms in total. The number of allylic oxidation sites excluding steroid dienone is 1. The van der Waals surface area contributed by atoms with Gasteiger partial charge in [0.25, 0.3) is 0 Å². The highest BCUT2D eigenvalue weighted by molar-refractivity contribution is 14.1. The second-order valence-corrected chi connectivity index (χ2v) is 8.79. The van der Waals surface area contributed by atoms with E-state index in [0.717, 1.165) is 29.6 Å². The van der Waals surface area contributed by atoms with Crippen molar-refractivity contribution in [3.05, 3.63) is 95.1 Å². The summed E-state index contributed by atoms with van der Waals surface area (Å²) >= 11 is 10.7. The Bertz CT molecular complexity index is 1150. The van der Waals surface area contributed by atoms with Crippen molar-refractivity contribution in [2.24, 2.45) is 0 Å². The number of halogens is 3. The smallest absolute Gasteiger partial charge is 0.146 e. The quantitative estimate of drug-likeness (QED) is 0.174. The van der Waals surface area contributed by atoms with Crippen LogP contribution >= 0.6 is 56.8 Å². The van der Waals surface area contributed by atoms with Crippen molar-refractivity contribution < 1.29 is 4.74 Å². The number of ether oxygens (including phenoxy) is 1. The van der Waals surface area contributed by atoms with E-state index in [1.165, 1.54) is 0 Å². The van der Waals surface area contributed by atoms with Crippen LogP contribution < -0.4 is 4.74 Å². The highest BCUT2D eigenvalue weighted by Crippen LogP contribution is 2.32. The Morgan fingerprint density at radius 1 is 1.00 bits per heavy atom. The molecule has 0 heterocycles. The summed E-state index contributed by atoms with van der Waals surface area (Å²) in [7, 11) is 0. The van der Waals surface area contributed by atoms with Crippen LogP contribution in [0, 0.1) is 29.8 Å². The van der Waals surface area contributed by atoms with E-state index in [9.17, 15) is 5.26 Å². The summed E-state index contributed by atoms with van der Waals surface area (Å²) < 4.78 is 7.90. The van der Waals surface area contributed by atoms with E-state index in [1.54, 1.807) is 18.2 Å². The van der Waals surface area contributed by atoms with E-state index in [4.69, 9.17) is 21.6 Å². The van der Waals surface area contributed by atoms with Gasteiger partial charge in [0.05, 0.1) is 30.4 Å². The van der Waals surface area contributed by atoms with Crippen molar-refractivity contribution in [1.82, 2.24) is 0 Å². The van der Waals surface area contributed by atoms with Crippen molar-refractivity contribution >= 4 is 68.4 Å². The third kappa shape index (κ3) is 5.51. The van der Waals surface area contributed by atoms with Crippen LogP contribution in [0.25, 0.3) is 11.6 Å². The average Bonchev–Trinajstić information content (AvgIpc) is 2.72. The predicted octanol–water partition coefficient (Wildman–Crippen LogP) is 7.06. The van der Waals surface area contributed by atoms with Gasteiger partial charge in [-0.15, -0.1) is 0 Å². The van der Waals surface area contributed by atoms with E-state index >= 15 is 0 Å². The summed E-state index contributed by atoms with van der Waals surface area (Å²) in [6.07, 6.45) is 1.82. The molecule has 3 rings (SSSR count). The van der Waals surface area contributed by atoms with E-state index in [2.05, 4.69) is 57.3 Å². The molecule has 0 fully saturated rings.